The Bertz CT molecular complexity index is 683. The Morgan fingerprint density at radius 3 is 2.80 bits per heavy atom. The molecule has 0 bridgehead atoms. The van der Waals surface area contributed by atoms with Gasteiger partial charge < -0.3 is 4.74 Å². The van der Waals surface area contributed by atoms with Gasteiger partial charge in [-0.2, -0.15) is 0 Å². The summed E-state index contributed by atoms with van der Waals surface area (Å²) >= 11 is 6.57. The minimum Gasteiger partial charge on any atom is -0.466 e. The molecule has 4 nitrogen and oxygen atoms in total. The number of allylic oxidation sites excluding steroid dienone is 2. The fourth-order valence-corrected chi connectivity index (χ4v) is 3.45. The van der Waals surface area contributed by atoms with Gasteiger partial charge in [-0.05, 0) is 24.5 Å². The second-order valence-electron chi connectivity index (χ2n) is 5.45. The number of carbonyl (C=O) groups excluding carboxylic acids is 2. The molecule has 0 radical (unpaired) electrons. The molecule has 0 unspecified atom stereocenters. The molecule has 0 aromatic heterocycles. The molecular formula is C19H21NO3S2. The largest absolute Gasteiger partial charge is 0.466 e. The van der Waals surface area contributed by atoms with Crippen molar-refractivity contribution in [3.63, 3.8) is 0 Å². The van der Waals surface area contributed by atoms with Crippen molar-refractivity contribution in [2.75, 3.05) is 13.2 Å². The van der Waals surface area contributed by atoms with E-state index in [0.717, 1.165) is 12.0 Å². The molecule has 0 spiro atoms. The summed E-state index contributed by atoms with van der Waals surface area (Å²) in [5.74, 6) is -0.330. The first-order valence-corrected chi connectivity index (χ1v) is 9.47. The SMILES string of the molecule is CCCOC(=O)CCCN1C(=O)/C(=C\C=C\c2ccccc2)SC1=S. The van der Waals surface area contributed by atoms with Crippen LogP contribution in [0.1, 0.15) is 31.7 Å². The van der Waals surface area contributed by atoms with Crippen LogP contribution in [0.15, 0.2) is 47.4 Å². The van der Waals surface area contributed by atoms with Gasteiger partial charge in [0.25, 0.3) is 5.91 Å². The summed E-state index contributed by atoms with van der Waals surface area (Å²) in [7, 11) is 0. The van der Waals surface area contributed by atoms with Crippen molar-refractivity contribution >= 4 is 46.3 Å². The van der Waals surface area contributed by atoms with E-state index in [0.29, 0.717) is 35.2 Å². The van der Waals surface area contributed by atoms with Gasteiger partial charge in [0.05, 0.1) is 11.5 Å². The maximum Gasteiger partial charge on any atom is 0.305 e. The van der Waals surface area contributed by atoms with E-state index in [1.54, 1.807) is 11.0 Å². The highest BCUT2D eigenvalue weighted by Gasteiger charge is 2.31. The van der Waals surface area contributed by atoms with Gasteiger partial charge >= 0.3 is 5.97 Å². The average Bonchev–Trinajstić information content (AvgIpc) is 2.88. The van der Waals surface area contributed by atoms with Crippen LogP contribution in [0.3, 0.4) is 0 Å². The molecular weight excluding hydrogens is 354 g/mol. The monoisotopic (exact) mass is 375 g/mol. The van der Waals surface area contributed by atoms with E-state index >= 15 is 0 Å². The molecule has 0 N–H and O–H groups in total. The lowest BCUT2D eigenvalue weighted by atomic mass is 10.2. The Morgan fingerprint density at radius 2 is 2.08 bits per heavy atom. The smallest absolute Gasteiger partial charge is 0.305 e. The van der Waals surface area contributed by atoms with Crippen molar-refractivity contribution in [1.82, 2.24) is 4.90 Å². The molecule has 132 valence electrons. The number of benzene rings is 1. The lowest BCUT2D eigenvalue weighted by Crippen LogP contribution is -2.29. The van der Waals surface area contributed by atoms with Crippen molar-refractivity contribution in [2.45, 2.75) is 26.2 Å². The third-order valence-corrected chi connectivity index (χ3v) is 4.84. The number of rotatable bonds is 8. The third kappa shape index (κ3) is 6.14. The van der Waals surface area contributed by atoms with Crippen molar-refractivity contribution < 1.29 is 14.3 Å². The number of hydrogen-bond donors (Lipinski definition) is 0. The highest BCUT2D eigenvalue weighted by Crippen LogP contribution is 2.31. The van der Waals surface area contributed by atoms with Crippen LogP contribution < -0.4 is 0 Å². The van der Waals surface area contributed by atoms with Gasteiger partial charge in [-0.3, -0.25) is 14.5 Å². The zero-order valence-electron chi connectivity index (χ0n) is 14.1. The van der Waals surface area contributed by atoms with Gasteiger partial charge in [0.1, 0.15) is 4.32 Å². The van der Waals surface area contributed by atoms with Crippen LogP contribution in [0.2, 0.25) is 0 Å². The Balaban J connectivity index is 1.85. The minimum absolute atomic E-state index is 0.102. The summed E-state index contributed by atoms with van der Waals surface area (Å²) in [4.78, 5) is 26.1. The third-order valence-electron chi connectivity index (χ3n) is 3.44. The second kappa shape index (κ2) is 10.2. The molecule has 25 heavy (non-hydrogen) atoms. The highest BCUT2D eigenvalue weighted by atomic mass is 32.2. The number of esters is 1. The summed E-state index contributed by atoms with van der Waals surface area (Å²) in [6, 6.07) is 9.87. The molecule has 0 saturated carbocycles. The Hall–Kier alpha value is -1.92. The Morgan fingerprint density at radius 1 is 1.32 bits per heavy atom. The van der Waals surface area contributed by atoms with E-state index in [4.69, 9.17) is 17.0 Å². The van der Waals surface area contributed by atoms with Gasteiger partial charge in [-0.25, -0.2) is 0 Å². The molecule has 1 fully saturated rings. The Kier molecular flexibility index (Phi) is 7.88. The minimum atomic E-state index is -0.228. The van der Waals surface area contributed by atoms with Crippen molar-refractivity contribution in [1.29, 1.82) is 0 Å². The van der Waals surface area contributed by atoms with Gasteiger partial charge in [-0.15, -0.1) is 0 Å². The van der Waals surface area contributed by atoms with Crippen LogP contribution in [-0.2, 0) is 14.3 Å². The summed E-state index contributed by atoms with van der Waals surface area (Å²) in [5.41, 5.74) is 1.07. The molecule has 0 atom stereocenters. The molecule has 0 aliphatic carbocycles. The average molecular weight is 376 g/mol. The molecule has 1 aromatic carbocycles. The predicted molar refractivity (Wildman–Crippen MR) is 106 cm³/mol. The zero-order valence-corrected chi connectivity index (χ0v) is 15.8. The first-order valence-electron chi connectivity index (χ1n) is 8.24. The summed E-state index contributed by atoms with van der Waals surface area (Å²) in [6.07, 6.45) is 7.22. The van der Waals surface area contributed by atoms with Crippen LogP contribution in [-0.4, -0.2) is 34.2 Å². The van der Waals surface area contributed by atoms with E-state index in [-0.39, 0.29) is 11.9 Å². The molecule has 2 rings (SSSR count). The molecule has 1 amide bonds. The highest BCUT2D eigenvalue weighted by molar-refractivity contribution is 8.26. The summed E-state index contributed by atoms with van der Waals surface area (Å²) in [6.45, 7) is 2.83. The van der Waals surface area contributed by atoms with Gasteiger partial charge in [-0.1, -0.05) is 73.4 Å². The molecule has 1 aliphatic heterocycles. The quantitative estimate of drug-likeness (QED) is 0.388. The van der Waals surface area contributed by atoms with E-state index in [1.165, 1.54) is 11.8 Å². The standard InChI is InChI=1S/C19H21NO3S2/c1-2-14-23-17(21)12-7-13-20-18(22)16(25-19(20)24)11-6-10-15-8-4-3-5-9-15/h3-6,8-11H,2,7,12-14H2,1H3/b10-6+,16-11+. The number of nitrogens with zero attached hydrogens (tertiary/aromatic N) is 1. The Labute approximate surface area is 157 Å². The first-order chi connectivity index (χ1) is 12.1. The van der Waals surface area contributed by atoms with E-state index < -0.39 is 0 Å². The molecule has 1 aromatic rings. The maximum atomic E-state index is 12.4. The van der Waals surface area contributed by atoms with E-state index in [1.807, 2.05) is 49.4 Å². The van der Waals surface area contributed by atoms with Crippen LogP contribution in [0.4, 0.5) is 0 Å². The van der Waals surface area contributed by atoms with Crippen LogP contribution in [0.5, 0.6) is 0 Å². The fourth-order valence-electron chi connectivity index (χ4n) is 2.19. The number of amides is 1. The predicted octanol–water partition coefficient (Wildman–Crippen LogP) is 4.18. The van der Waals surface area contributed by atoms with Crippen molar-refractivity contribution in [3.05, 3.63) is 53.0 Å². The zero-order chi connectivity index (χ0) is 18.1. The maximum absolute atomic E-state index is 12.4. The van der Waals surface area contributed by atoms with Crippen LogP contribution in [0.25, 0.3) is 6.08 Å². The van der Waals surface area contributed by atoms with E-state index in [2.05, 4.69) is 0 Å². The number of thioether (sulfide) groups is 1. The van der Waals surface area contributed by atoms with Gasteiger partial charge in [0.2, 0.25) is 0 Å². The number of ether oxygens (including phenoxy) is 1. The van der Waals surface area contributed by atoms with E-state index in [9.17, 15) is 9.59 Å². The second-order valence-corrected chi connectivity index (χ2v) is 7.13. The number of carbonyl (C=O) groups is 2. The fraction of sp³-hybridized carbons (Fsp3) is 0.316. The van der Waals surface area contributed by atoms with Crippen LogP contribution >= 0.6 is 24.0 Å². The first kappa shape index (κ1) is 19.4. The normalized spacial score (nSPS) is 16.2. The number of thiocarbonyl (C=S) groups is 1. The molecule has 1 aliphatic rings. The van der Waals surface area contributed by atoms with Crippen LogP contribution in [0, 0.1) is 0 Å². The lowest BCUT2D eigenvalue weighted by molar-refractivity contribution is -0.144. The summed E-state index contributed by atoms with van der Waals surface area (Å²) < 4.78 is 5.56. The molecule has 1 saturated heterocycles. The van der Waals surface area contributed by atoms with Crippen molar-refractivity contribution in [2.24, 2.45) is 0 Å². The van der Waals surface area contributed by atoms with Crippen molar-refractivity contribution in [3.8, 4) is 0 Å². The molecule has 6 heteroatoms. The topological polar surface area (TPSA) is 46.6 Å². The van der Waals surface area contributed by atoms with Gasteiger partial charge in [0, 0.05) is 13.0 Å². The van der Waals surface area contributed by atoms with Gasteiger partial charge in [0.15, 0.2) is 0 Å². The number of hydrogen-bond acceptors (Lipinski definition) is 5. The lowest BCUT2D eigenvalue weighted by Gasteiger charge is -2.13. The summed E-state index contributed by atoms with van der Waals surface area (Å²) in [5, 5.41) is 0. The molecule has 1 heterocycles.